The molecule has 0 heterocycles. The van der Waals surface area contributed by atoms with E-state index in [1.807, 2.05) is 0 Å². The molecule has 7 heteroatoms. The fourth-order valence-electron chi connectivity index (χ4n) is 1.08. The van der Waals surface area contributed by atoms with Crippen molar-refractivity contribution in [2.45, 2.75) is 0 Å². The summed E-state index contributed by atoms with van der Waals surface area (Å²) in [6.07, 6.45) is 1.11. The monoisotopic (exact) mass is 368 g/mol. The van der Waals surface area contributed by atoms with Crippen molar-refractivity contribution < 1.29 is 4.39 Å². The maximum absolute atomic E-state index is 13.6. The predicted molar refractivity (Wildman–Crippen MR) is 69.4 cm³/mol. The van der Waals surface area contributed by atoms with Gasteiger partial charge in [-0.25, -0.2) is 4.39 Å². The number of nitrogens with one attached hydrogen (secondary N) is 1. The van der Waals surface area contributed by atoms with E-state index in [4.69, 9.17) is 15.8 Å². The van der Waals surface area contributed by atoms with Gasteiger partial charge in [-0.15, -0.1) is 0 Å². The molecular formula is C11H3Br2FN4. The Labute approximate surface area is 119 Å². The number of hydrogen-bond donors (Lipinski definition) is 1. The van der Waals surface area contributed by atoms with Gasteiger partial charge in [0.2, 0.25) is 0 Å². The number of nitrogens with zero attached hydrogens (tertiary/aromatic N) is 3. The Morgan fingerprint density at radius 1 is 1.22 bits per heavy atom. The van der Waals surface area contributed by atoms with Gasteiger partial charge in [0.05, 0.1) is 10.2 Å². The lowest BCUT2D eigenvalue weighted by Gasteiger charge is -2.08. The first-order valence-electron chi connectivity index (χ1n) is 4.39. The number of anilines is 1. The minimum Gasteiger partial charge on any atom is -0.358 e. The molecule has 1 N–H and O–H groups in total. The van der Waals surface area contributed by atoms with E-state index < -0.39 is 5.82 Å². The maximum atomic E-state index is 13.6. The van der Waals surface area contributed by atoms with Gasteiger partial charge in [-0.2, -0.15) is 15.8 Å². The molecule has 0 saturated heterocycles. The topological polar surface area (TPSA) is 83.4 Å². The van der Waals surface area contributed by atoms with Gasteiger partial charge >= 0.3 is 0 Å². The molecule has 0 aromatic heterocycles. The Bertz CT molecular complexity index is 631. The molecule has 4 nitrogen and oxygen atoms in total. The zero-order valence-electron chi connectivity index (χ0n) is 8.63. The van der Waals surface area contributed by atoms with Crippen LogP contribution in [0.3, 0.4) is 0 Å². The van der Waals surface area contributed by atoms with Gasteiger partial charge in [0.15, 0.2) is 5.82 Å². The summed E-state index contributed by atoms with van der Waals surface area (Å²) in [6, 6.07) is 6.42. The first-order valence-corrected chi connectivity index (χ1v) is 5.98. The fourth-order valence-corrected chi connectivity index (χ4v) is 2.35. The van der Waals surface area contributed by atoms with Gasteiger partial charge in [-0.1, -0.05) is 0 Å². The molecule has 1 aromatic carbocycles. The Kier molecular flexibility index (Phi) is 4.85. The Morgan fingerprint density at radius 3 is 2.33 bits per heavy atom. The minimum absolute atomic E-state index is 0.140. The summed E-state index contributed by atoms with van der Waals surface area (Å²) in [7, 11) is 0. The second kappa shape index (κ2) is 6.16. The van der Waals surface area contributed by atoms with Crippen LogP contribution in [0.25, 0.3) is 0 Å². The highest BCUT2D eigenvalue weighted by atomic mass is 79.9. The molecule has 0 unspecified atom stereocenters. The van der Waals surface area contributed by atoms with Crippen molar-refractivity contribution in [2.75, 3.05) is 5.32 Å². The van der Waals surface area contributed by atoms with E-state index in [1.165, 1.54) is 6.07 Å². The molecule has 0 atom stereocenters. The standard InChI is InChI=1S/C11H3Br2FN4/c12-8-1-9(13)11(7(4-17)10(8)14)18-5-6(2-15)3-16/h1,5,18H. The summed E-state index contributed by atoms with van der Waals surface area (Å²) in [4.78, 5) is 0. The van der Waals surface area contributed by atoms with E-state index in [-0.39, 0.29) is 21.3 Å². The first kappa shape index (κ1) is 14.2. The molecule has 0 radical (unpaired) electrons. The highest BCUT2D eigenvalue weighted by Gasteiger charge is 2.15. The minimum atomic E-state index is -0.716. The van der Waals surface area contributed by atoms with E-state index in [0.717, 1.165) is 6.20 Å². The van der Waals surface area contributed by atoms with Gasteiger partial charge in [-0.3, -0.25) is 0 Å². The number of hydrogen-bond acceptors (Lipinski definition) is 4. The van der Waals surface area contributed by atoms with Crippen LogP contribution in [0.1, 0.15) is 5.56 Å². The van der Waals surface area contributed by atoms with E-state index in [2.05, 4.69) is 37.2 Å². The summed E-state index contributed by atoms with van der Waals surface area (Å²) in [5.41, 5.74) is -0.252. The van der Waals surface area contributed by atoms with Gasteiger partial charge in [0.1, 0.15) is 29.3 Å². The number of nitriles is 3. The fraction of sp³-hybridized carbons (Fsp3) is 0. The molecule has 0 saturated carbocycles. The maximum Gasteiger partial charge on any atom is 0.157 e. The third kappa shape index (κ3) is 2.87. The first-order chi connectivity index (χ1) is 8.54. The summed E-state index contributed by atoms with van der Waals surface area (Å²) in [6.45, 7) is 0. The van der Waals surface area contributed by atoms with Crippen molar-refractivity contribution in [3.63, 3.8) is 0 Å². The third-order valence-electron chi connectivity index (χ3n) is 1.88. The van der Waals surface area contributed by atoms with Crippen molar-refractivity contribution in [3.05, 3.63) is 38.2 Å². The molecule has 0 spiro atoms. The molecule has 0 amide bonds. The van der Waals surface area contributed by atoms with Crippen LogP contribution in [-0.4, -0.2) is 0 Å². The summed E-state index contributed by atoms with van der Waals surface area (Å²) in [5.74, 6) is -0.716. The number of allylic oxidation sites excluding steroid dienone is 1. The molecule has 0 aliphatic heterocycles. The van der Waals surface area contributed by atoms with Crippen LogP contribution in [-0.2, 0) is 0 Å². The van der Waals surface area contributed by atoms with Crippen LogP contribution in [0.5, 0.6) is 0 Å². The molecule has 0 fully saturated rings. The van der Waals surface area contributed by atoms with Gasteiger partial charge in [0, 0.05) is 10.7 Å². The van der Waals surface area contributed by atoms with E-state index in [9.17, 15) is 4.39 Å². The van der Waals surface area contributed by atoms with E-state index in [0.29, 0.717) is 4.47 Å². The molecule has 0 aliphatic rings. The Morgan fingerprint density at radius 2 is 1.83 bits per heavy atom. The molecule has 1 rings (SSSR count). The second-order valence-electron chi connectivity index (χ2n) is 2.94. The number of rotatable bonds is 2. The van der Waals surface area contributed by atoms with Gasteiger partial charge < -0.3 is 5.32 Å². The smallest absolute Gasteiger partial charge is 0.157 e. The molecule has 0 bridgehead atoms. The van der Waals surface area contributed by atoms with Gasteiger partial charge in [0.25, 0.3) is 0 Å². The SMILES string of the molecule is N#CC(C#N)=CNc1c(Br)cc(Br)c(F)c1C#N. The van der Waals surface area contributed by atoms with E-state index >= 15 is 0 Å². The van der Waals surface area contributed by atoms with Crippen LogP contribution in [0.4, 0.5) is 10.1 Å². The zero-order chi connectivity index (χ0) is 13.7. The lowest BCUT2D eigenvalue weighted by molar-refractivity contribution is 0.617. The van der Waals surface area contributed by atoms with Gasteiger partial charge in [-0.05, 0) is 37.9 Å². The predicted octanol–water partition coefficient (Wildman–Crippen LogP) is 3.57. The molecule has 88 valence electrons. The summed E-state index contributed by atoms with van der Waals surface area (Å²) >= 11 is 6.14. The quantitative estimate of drug-likeness (QED) is 0.638. The normalized spacial score (nSPS) is 8.67. The van der Waals surface area contributed by atoms with Crippen molar-refractivity contribution in [1.82, 2.24) is 0 Å². The highest BCUT2D eigenvalue weighted by Crippen LogP contribution is 2.33. The Hall–Kier alpha value is -1.88. The lowest BCUT2D eigenvalue weighted by atomic mass is 10.2. The Balaban J connectivity index is 3.32. The van der Waals surface area contributed by atoms with E-state index in [1.54, 1.807) is 18.2 Å². The molecule has 1 aromatic rings. The molecule has 0 aliphatic carbocycles. The van der Waals surface area contributed by atoms with Crippen LogP contribution in [0.2, 0.25) is 0 Å². The highest BCUT2D eigenvalue weighted by molar-refractivity contribution is 9.11. The molecule has 18 heavy (non-hydrogen) atoms. The van der Waals surface area contributed by atoms with Crippen LogP contribution in [0.15, 0.2) is 26.8 Å². The average molecular weight is 370 g/mol. The van der Waals surface area contributed by atoms with Crippen molar-refractivity contribution in [3.8, 4) is 18.2 Å². The average Bonchev–Trinajstić information content (AvgIpc) is 2.36. The van der Waals surface area contributed by atoms with Crippen LogP contribution in [0, 0.1) is 39.8 Å². The van der Waals surface area contributed by atoms with Crippen LogP contribution < -0.4 is 5.32 Å². The third-order valence-corrected chi connectivity index (χ3v) is 3.09. The number of benzene rings is 1. The molecular weight excluding hydrogens is 367 g/mol. The van der Waals surface area contributed by atoms with Crippen molar-refractivity contribution in [2.24, 2.45) is 0 Å². The van der Waals surface area contributed by atoms with Crippen molar-refractivity contribution in [1.29, 1.82) is 15.8 Å². The largest absolute Gasteiger partial charge is 0.358 e. The van der Waals surface area contributed by atoms with Crippen molar-refractivity contribution >= 4 is 37.5 Å². The van der Waals surface area contributed by atoms with Crippen LogP contribution >= 0.6 is 31.9 Å². The zero-order valence-corrected chi connectivity index (χ0v) is 11.8. The summed E-state index contributed by atoms with van der Waals surface area (Å²) in [5, 5.41) is 28.6. The second-order valence-corrected chi connectivity index (χ2v) is 4.65. The summed E-state index contributed by atoms with van der Waals surface area (Å²) < 4.78 is 14.2. The lowest BCUT2D eigenvalue weighted by Crippen LogP contribution is -1.98. The number of halogens is 3.